The maximum absolute atomic E-state index is 12.9. The first-order valence-corrected chi connectivity index (χ1v) is 11.8. The molecule has 1 aromatic heterocycles. The molecule has 2 aliphatic heterocycles. The van der Waals surface area contributed by atoms with Crippen LogP contribution < -0.4 is 21.4 Å². The smallest absolute Gasteiger partial charge is 0.176 e. The predicted octanol–water partition coefficient (Wildman–Crippen LogP) is 1.63. The number of aromatic amines is 1. The molecule has 1 unspecified atom stereocenters. The van der Waals surface area contributed by atoms with Crippen LogP contribution in [-0.2, 0) is 15.8 Å². The number of fused-ring (bicyclic) bond motifs is 2. The number of H-pyrrole nitrogens is 1. The van der Waals surface area contributed by atoms with Gasteiger partial charge in [0.15, 0.2) is 11.0 Å². The van der Waals surface area contributed by atoms with Gasteiger partial charge in [-0.2, -0.15) is 4.40 Å². The van der Waals surface area contributed by atoms with Gasteiger partial charge in [0.2, 0.25) is 0 Å². The number of hydrogen-bond donors (Lipinski definition) is 3. The topological polar surface area (TPSA) is 81.8 Å². The number of benzene rings is 2. The van der Waals surface area contributed by atoms with Crippen molar-refractivity contribution in [2.24, 2.45) is 4.40 Å². The molecule has 0 saturated carbocycles. The fourth-order valence-corrected chi connectivity index (χ4v) is 5.34. The van der Waals surface area contributed by atoms with Gasteiger partial charge in [-0.15, -0.1) is 0 Å². The molecule has 3 heterocycles. The van der Waals surface area contributed by atoms with Crippen LogP contribution >= 0.6 is 15.9 Å². The molecular formula is C21H22BrN5O2S. The Bertz CT molecular complexity index is 1240. The third-order valence-electron chi connectivity index (χ3n) is 5.39. The number of nitrogens with zero attached hydrogens (tertiary/aromatic N) is 2. The van der Waals surface area contributed by atoms with E-state index in [1.54, 1.807) is 0 Å². The van der Waals surface area contributed by atoms with Gasteiger partial charge in [-0.25, -0.2) is 4.21 Å². The van der Waals surface area contributed by atoms with Crippen molar-refractivity contribution in [1.82, 2.24) is 15.2 Å². The van der Waals surface area contributed by atoms with E-state index in [2.05, 4.69) is 41.0 Å². The Morgan fingerprint density at radius 2 is 2.03 bits per heavy atom. The third-order valence-corrected chi connectivity index (χ3v) is 7.01. The van der Waals surface area contributed by atoms with Gasteiger partial charge < -0.3 is 10.3 Å². The second-order valence-electron chi connectivity index (χ2n) is 7.29. The minimum Gasteiger partial charge on any atom is -0.352 e. The highest BCUT2D eigenvalue weighted by atomic mass is 79.9. The second kappa shape index (κ2) is 8.60. The Labute approximate surface area is 184 Å². The van der Waals surface area contributed by atoms with E-state index in [4.69, 9.17) is 4.84 Å². The van der Waals surface area contributed by atoms with Gasteiger partial charge in [0.1, 0.15) is 0 Å². The largest absolute Gasteiger partial charge is 0.352 e. The van der Waals surface area contributed by atoms with Crippen LogP contribution in [0.25, 0.3) is 15.8 Å². The average molecular weight is 488 g/mol. The number of piperazine rings is 1. The summed E-state index contributed by atoms with van der Waals surface area (Å²) < 4.78 is 18.2. The highest BCUT2D eigenvalue weighted by molar-refractivity contribution is 9.10. The number of aromatic nitrogens is 1. The van der Waals surface area contributed by atoms with Crippen molar-refractivity contribution < 1.29 is 9.05 Å². The molecule has 3 N–H and O–H groups in total. The first-order valence-electron chi connectivity index (χ1n) is 9.93. The van der Waals surface area contributed by atoms with E-state index in [0.29, 0.717) is 11.5 Å². The fraction of sp³-hybridized carbons (Fsp3) is 0.286. The van der Waals surface area contributed by atoms with Crippen molar-refractivity contribution >= 4 is 48.4 Å². The van der Waals surface area contributed by atoms with Crippen LogP contribution in [0.4, 0.5) is 5.69 Å². The lowest BCUT2D eigenvalue weighted by molar-refractivity contribution is 0.137. The lowest BCUT2D eigenvalue weighted by Gasteiger charge is -2.26. The molecule has 1 atom stereocenters. The Morgan fingerprint density at radius 3 is 2.90 bits per heavy atom. The van der Waals surface area contributed by atoms with Crippen molar-refractivity contribution in [2.75, 3.05) is 44.8 Å². The third kappa shape index (κ3) is 3.83. The van der Waals surface area contributed by atoms with E-state index in [1.165, 1.54) is 0 Å². The maximum Gasteiger partial charge on any atom is 0.176 e. The van der Waals surface area contributed by atoms with Crippen molar-refractivity contribution in [1.29, 1.82) is 0 Å². The van der Waals surface area contributed by atoms with Gasteiger partial charge in [0, 0.05) is 53.3 Å². The lowest BCUT2D eigenvalue weighted by atomic mass is 10.2. The van der Waals surface area contributed by atoms with Crippen LogP contribution in [0, 0.1) is 0 Å². The summed E-state index contributed by atoms with van der Waals surface area (Å²) in [5, 5.41) is 5.94. The summed E-state index contributed by atoms with van der Waals surface area (Å²) in [6.07, 6.45) is 0. The van der Waals surface area contributed by atoms with Crippen LogP contribution in [0.1, 0.15) is 5.69 Å². The zero-order valence-corrected chi connectivity index (χ0v) is 18.7. The van der Waals surface area contributed by atoms with E-state index in [-0.39, 0.29) is 0 Å². The van der Waals surface area contributed by atoms with Crippen LogP contribution in [0.15, 0.2) is 51.3 Å². The monoisotopic (exact) mass is 487 g/mol. The Balaban J connectivity index is 1.48. The summed E-state index contributed by atoms with van der Waals surface area (Å²) in [5.74, 6) is 0. The average Bonchev–Trinajstić information content (AvgIpc) is 3.28. The Morgan fingerprint density at radius 1 is 1.20 bits per heavy atom. The molecule has 156 valence electrons. The number of para-hydroxylation sites is 1. The first kappa shape index (κ1) is 19.9. The minimum absolute atomic E-state index is 0.559. The molecular weight excluding hydrogens is 466 g/mol. The Hall–Kier alpha value is -2.04. The molecule has 0 bridgehead atoms. The Kier molecular flexibility index (Phi) is 5.70. The molecule has 0 amide bonds. The highest BCUT2D eigenvalue weighted by Crippen LogP contribution is 2.33. The summed E-state index contributed by atoms with van der Waals surface area (Å²) in [5.41, 5.74) is 5.63. The molecule has 2 aliphatic rings. The molecule has 2 aromatic carbocycles. The molecule has 0 radical (unpaired) electrons. The van der Waals surface area contributed by atoms with Crippen molar-refractivity contribution in [3.8, 4) is 0 Å². The van der Waals surface area contributed by atoms with E-state index >= 15 is 0 Å². The highest BCUT2D eigenvalue weighted by Gasteiger charge is 2.24. The number of hydrogen-bond acceptors (Lipinski definition) is 5. The molecule has 5 rings (SSSR count). The number of rotatable bonds is 6. The molecule has 1 fully saturated rings. The number of nitrogens with one attached hydrogen (secondary N) is 3. The van der Waals surface area contributed by atoms with Gasteiger partial charge in [0.05, 0.1) is 28.3 Å². The molecule has 7 nitrogen and oxygen atoms in total. The minimum atomic E-state index is -1.49. The van der Waals surface area contributed by atoms with E-state index in [1.807, 2.05) is 42.5 Å². The molecule has 1 saturated heterocycles. The van der Waals surface area contributed by atoms with Gasteiger partial charge in [-0.1, -0.05) is 34.1 Å². The summed E-state index contributed by atoms with van der Waals surface area (Å²) in [4.78, 5) is 12.3. The van der Waals surface area contributed by atoms with Crippen molar-refractivity contribution in [3.05, 3.63) is 63.2 Å². The molecule has 30 heavy (non-hydrogen) atoms. The van der Waals surface area contributed by atoms with E-state index < -0.39 is 11.0 Å². The predicted molar refractivity (Wildman–Crippen MR) is 123 cm³/mol. The quantitative estimate of drug-likeness (QED) is 0.363. The van der Waals surface area contributed by atoms with Gasteiger partial charge in [0.25, 0.3) is 0 Å². The standard InChI is InChI=1S/C21H22BrN5O2S/c22-14-5-6-18-16(13-14)21(30(28)26-18)20-19(15-3-1-2-4-17(15)24-20)25-29-12-11-27-9-7-23-8-10-27/h1-6,13,23-25H,7-12H2. The molecule has 0 aliphatic carbocycles. The van der Waals surface area contributed by atoms with Crippen LogP contribution in [-0.4, -0.2) is 53.4 Å². The van der Waals surface area contributed by atoms with Crippen LogP contribution in [0.2, 0.25) is 0 Å². The zero-order chi connectivity index (χ0) is 20.5. The van der Waals surface area contributed by atoms with E-state index in [0.717, 1.165) is 70.1 Å². The summed E-state index contributed by atoms with van der Waals surface area (Å²) in [6, 6.07) is 13.7. The van der Waals surface area contributed by atoms with Gasteiger partial charge >= 0.3 is 0 Å². The first-order chi connectivity index (χ1) is 14.7. The summed E-state index contributed by atoms with van der Waals surface area (Å²) >= 11 is 3.51. The fourth-order valence-electron chi connectivity index (χ4n) is 3.87. The normalized spacial score (nSPS) is 19.1. The van der Waals surface area contributed by atoms with Gasteiger partial charge in [-0.3, -0.25) is 15.2 Å². The van der Waals surface area contributed by atoms with Gasteiger partial charge in [-0.05, 0) is 24.3 Å². The van der Waals surface area contributed by atoms with Crippen molar-refractivity contribution in [3.63, 3.8) is 0 Å². The second-order valence-corrected chi connectivity index (χ2v) is 9.30. The summed E-state index contributed by atoms with van der Waals surface area (Å²) in [7, 11) is -1.49. The maximum atomic E-state index is 12.9. The molecule has 9 heteroatoms. The van der Waals surface area contributed by atoms with Crippen LogP contribution in [0.3, 0.4) is 0 Å². The van der Waals surface area contributed by atoms with Crippen LogP contribution in [0.5, 0.6) is 0 Å². The number of anilines is 1. The zero-order valence-electron chi connectivity index (χ0n) is 16.3. The SMILES string of the molecule is O=S1N=c2ccc(Br)cc2=C1c1[nH]c2ccccc2c1NOCCN1CCNCC1. The molecule has 3 aromatic rings. The molecule has 0 spiro atoms. The van der Waals surface area contributed by atoms with E-state index in [9.17, 15) is 4.21 Å². The summed E-state index contributed by atoms with van der Waals surface area (Å²) in [6.45, 7) is 5.52. The number of halogens is 1. The van der Waals surface area contributed by atoms with Crippen molar-refractivity contribution in [2.45, 2.75) is 0 Å². The lowest BCUT2D eigenvalue weighted by Crippen LogP contribution is -2.44.